The minimum Gasteiger partial charge on any atom is -0.481 e. The Morgan fingerprint density at radius 1 is 1.26 bits per heavy atom. The molecule has 0 aromatic heterocycles. The van der Waals surface area contributed by atoms with Crippen LogP contribution < -0.4 is 5.32 Å². The lowest BCUT2D eigenvalue weighted by molar-refractivity contribution is -0.149. The first-order valence-corrected chi connectivity index (χ1v) is 8.47. The Morgan fingerprint density at radius 3 is 2.26 bits per heavy atom. The topological polar surface area (TPSA) is 101 Å². The molecule has 7 heteroatoms. The molecule has 1 aliphatic rings. The predicted octanol–water partition coefficient (Wildman–Crippen LogP) is 0.427. The summed E-state index contributed by atoms with van der Waals surface area (Å²) in [7, 11) is -3.16. The van der Waals surface area contributed by atoms with Gasteiger partial charge in [-0.2, -0.15) is 0 Å². The molecule has 2 N–H and O–H groups in total. The number of carboxylic acids is 1. The fraction of sp³-hybridized carbons (Fsp3) is 0.833. The van der Waals surface area contributed by atoms with Gasteiger partial charge < -0.3 is 10.4 Å². The summed E-state index contributed by atoms with van der Waals surface area (Å²) in [4.78, 5) is 23.1. The maximum atomic E-state index is 12.0. The molecule has 19 heavy (non-hydrogen) atoms. The zero-order valence-corrected chi connectivity index (χ0v) is 12.1. The number of amides is 1. The van der Waals surface area contributed by atoms with Crippen molar-refractivity contribution in [3.05, 3.63) is 0 Å². The normalized spacial score (nSPS) is 25.6. The average molecular weight is 291 g/mol. The van der Waals surface area contributed by atoms with Crippen LogP contribution in [0.4, 0.5) is 0 Å². The van der Waals surface area contributed by atoms with Crippen molar-refractivity contribution < 1.29 is 23.1 Å². The second-order valence-electron chi connectivity index (χ2n) is 5.34. The fourth-order valence-electron chi connectivity index (χ4n) is 2.59. The van der Waals surface area contributed by atoms with Gasteiger partial charge in [0.05, 0.1) is 17.6 Å². The summed E-state index contributed by atoms with van der Waals surface area (Å²) in [5, 5.41) is 11.7. The molecule has 0 aromatic rings. The molecule has 0 spiro atoms. The molecule has 1 aliphatic carbocycles. The van der Waals surface area contributed by atoms with Crippen LogP contribution in [0.5, 0.6) is 0 Å². The van der Waals surface area contributed by atoms with E-state index in [2.05, 4.69) is 5.32 Å². The molecule has 3 unspecified atom stereocenters. The minimum atomic E-state index is -3.16. The summed E-state index contributed by atoms with van der Waals surface area (Å²) in [5.41, 5.74) is 0. The van der Waals surface area contributed by atoms with Crippen molar-refractivity contribution in [3.8, 4) is 0 Å². The van der Waals surface area contributed by atoms with Crippen LogP contribution in [0.25, 0.3) is 0 Å². The molecule has 0 saturated heterocycles. The summed E-state index contributed by atoms with van der Waals surface area (Å²) < 4.78 is 22.3. The second-order valence-corrected chi connectivity index (χ2v) is 7.52. The molecule has 0 bridgehead atoms. The third-order valence-corrected chi connectivity index (χ3v) is 4.47. The number of hydrogen-bond donors (Lipinski definition) is 2. The number of sulfone groups is 1. The third kappa shape index (κ3) is 5.18. The Morgan fingerprint density at radius 2 is 1.79 bits per heavy atom. The standard InChI is InChI=1S/C12H21NO5S/c1-8(7-19(2,17)18)13-11(14)9-5-3-4-6-10(9)12(15)16/h8-10H,3-7H2,1-2H3,(H,13,14)(H,15,16). The van der Waals surface area contributed by atoms with Crippen molar-refractivity contribution in [3.63, 3.8) is 0 Å². The van der Waals surface area contributed by atoms with Gasteiger partial charge in [-0.1, -0.05) is 12.8 Å². The Hall–Kier alpha value is -1.11. The first-order valence-electron chi connectivity index (χ1n) is 6.41. The van der Waals surface area contributed by atoms with Gasteiger partial charge in [0.2, 0.25) is 5.91 Å². The van der Waals surface area contributed by atoms with Crippen LogP contribution in [-0.4, -0.2) is 43.5 Å². The number of rotatable bonds is 5. The van der Waals surface area contributed by atoms with Gasteiger partial charge in [0.15, 0.2) is 0 Å². The van der Waals surface area contributed by atoms with E-state index in [1.54, 1.807) is 6.92 Å². The molecular weight excluding hydrogens is 270 g/mol. The van der Waals surface area contributed by atoms with Crippen molar-refractivity contribution in [1.29, 1.82) is 0 Å². The molecular formula is C12H21NO5S. The number of carbonyl (C=O) groups excluding carboxylic acids is 1. The number of carboxylic acid groups (broad SMARTS) is 1. The first kappa shape index (κ1) is 15.9. The van der Waals surface area contributed by atoms with Gasteiger partial charge in [0.1, 0.15) is 9.84 Å². The van der Waals surface area contributed by atoms with Gasteiger partial charge in [0.25, 0.3) is 0 Å². The summed E-state index contributed by atoms with van der Waals surface area (Å²) in [6, 6.07) is -0.501. The van der Waals surface area contributed by atoms with Gasteiger partial charge in [-0.25, -0.2) is 8.42 Å². The molecule has 0 radical (unpaired) electrons. The van der Waals surface area contributed by atoms with Crippen LogP contribution in [0.3, 0.4) is 0 Å². The van der Waals surface area contributed by atoms with Gasteiger partial charge in [-0.3, -0.25) is 9.59 Å². The number of hydrogen-bond acceptors (Lipinski definition) is 4. The highest BCUT2D eigenvalue weighted by Crippen LogP contribution is 2.30. The molecule has 110 valence electrons. The first-order chi connectivity index (χ1) is 8.70. The lowest BCUT2D eigenvalue weighted by Gasteiger charge is -2.28. The third-order valence-electron chi connectivity index (χ3n) is 3.36. The Labute approximate surface area is 113 Å². The van der Waals surface area contributed by atoms with Gasteiger partial charge in [-0.15, -0.1) is 0 Å². The van der Waals surface area contributed by atoms with E-state index in [1.807, 2.05) is 0 Å². The summed E-state index contributed by atoms with van der Waals surface area (Å²) >= 11 is 0. The Bertz CT molecular complexity index is 445. The van der Waals surface area contributed by atoms with E-state index in [0.717, 1.165) is 19.1 Å². The highest BCUT2D eigenvalue weighted by Gasteiger charge is 2.36. The van der Waals surface area contributed by atoms with Gasteiger partial charge in [0, 0.05) is 12.3 Å². The maximum absolute atomic E-state index is 12.0. The predicted molar refractivity (Wildman–Crippen MR) is 70.4 cm³/mol. The van der Waals surface area contributed by atoms with Gasteiger partial charge in [-0.05, 0) is 19.8 Å². The van der Waals surface area contributed by atoms with E-state index in [0.29, 0.717) is 12.8 Å². The van der Waals surface area contributed by atoms with E-state index in [-0.39, 0.29) is 11.7 Å². The molecule has 1 fully saturated rings. The average Bonchev–Trinajstić information content (AvgIpc) is 2.26. The van der Waals surface area contributed by atoms with Gasteiger partial charge >= 0.3 is 5.97 Å². The Balaban J connectivity index is 2.63. The maximum Gasteiger partial charge on any atom is 0.307 e. The largest absolute Gasteiger partial charge is 0.481 e. The van der Waals surface area contributed by atoms with Crippen LogP contribution in [0.1, 0.15) is 32.6 Å². The molecule has 1 amide bonds. The van der Waals surface area contributed by atoms with E-state index in [1.165, 1.54) is 0 Å². The number of aliphatic carboxylic acids is 1. The van der Waals surface area contributed by atoms with Crippen LogP contribution in [0.15, 0.2) is 0 Å². The molecule has 0 aliphatic heterocycles. The van der Waals surface area contributed by atoms with Crippen molar-refractivity contribution in [1.82, 2.24) is 5.32 Å². The highest BCUT2D eigenvalue weighted by atomic mass is 32.2. The van der Waals surface area contributed by atoms with E-state index in [9.17, 15) is 18.0 Å². The van der Waals surface area contributed by atoms with Crippen LogP contribution in [0, 0.1) is 11.8 Å². The summed E-state index contributed by atoms with van der Waals surface area (Å²) in [6.07, 6.45) is 3.82. The van der Waals surface area contributed by atoms with Crippen molar-refractivity contribution >= 4 is 21.7 Å². The zero-order chi connectivity index (χ0) is 14.6. The smallest absolute Gasteiger partial charge is 0.307 e. The molecule has 0 heterocycles. The number of carbonyl (C=O) groups is 2. The molecule has 1 saturated carbocycles. The summed E-state index contributed by atoms with van der Waals surface area (Å²) in [6.45, 7) is 1.61. The molecule has 6 nitrogen and oxygen atoms in total. The molecule has 0 aromatic carbocycles. The highest BCUT2D eigenvalue weighted by molar-refractivity contribution is 7.90. The molecule has 3 atom stereocenters. The monoisotopic (exact) mass is 291 g/mol. The van der Waals surface area contributed by atoms with Crippen LogP contribution in [-0.2, 0) is 19.4 Å². The van der Waals surface area contributed by atoms with Crippen molar-refractivity contribution in [2.24, 2.45) is 11.8 Å². The SMILES string of the molecule is CC(CS(C)(=O)=O)NC(=O)C1CCCCC1C(=O)O. The van der Waals surface area contributed by atoms with Crippen LogP contribution in [0.2, 0.25) is 0 Å². The minimum absolute atomic E-state index is 0.136. The van der Waals surface area contributed by atoms with Crippen molar-refractivity contribution in [2.45, 2.75) is 38.6 Å². The second kappa shape index (κ2) is 6.36. The number of nitrogens with one attached hydrogen (secondary N) is 1. The molecule has 1 rings (SSSR count). The zero-order valence-electron chi connectivity index (χ0n) is 11.3. The quantitative estimate of drug-likeness (QED) is 0.765. The lowest BCUT2D eigenvalue weighted by Crippen LogP contribution is -2.45. The fourth-order valence-corrected chi connectivity index (χ4v) is 3.58. The van der Waals surface area contributed by atoms with Crippen molar-refractivity contribution in [2.75, 3.05) is 12.0 Å². The lowest BCUT2D eigenvalue weighted by atomic mass is 9.78. The van der Waals surface area contributed by atoms with E-state index < -0.39 is 33.7 Å². The Kier molecular flexibility index (Phi) is 5.34. The summed E-state index contributed by atoms with van der Waals surface area (Å²) in [5.74, 6) is -2.63. The van der Waals surface area contributed by atoms with E-state index >= 15 is 0 Å². The van der Waals surface area contributed by atoms with Crippen LogP contribution >= 0.6 is 0 Å². The van der Waals surface area contributed by atoms with E-state index in [4.69, 9.17) is 5.11 Å².